The fourth-order valence-corrected chi connectivity index (χ4v) is 12.1. The Bertz CT molecular complexity index is 4160. The fourth-order valence-electron chi connectivity index (χ4n) is 9.11. The molecule has 0 radical (unpaired) electrons. The van der Waals surface area contributed by atoms with Crippen molar-refractivity contribution in [3.8, 4) is 51.1 Å². The molecule has 0 spiro atoms. The van der Waals surface area contributed by atoms with E-state index in [1.165, 1.54) is 0 Å². The summed E-state index contributed by atoms with van der Waals surface area (Å²) in [6, 6.07) is 53.3. The first kappa shape index (κ1) is 30.5. The summed E-state index contributed by atoms with van der Waals surface area (Å²) in [6.07, 6.45) is 3.41. The molecule has 0 unspecified atom stereocenters. The number of hydrogen-bond donors (Lipinski definition) is 1. The lowest BCUT2D eigenvalue weighted by molar-refractivity contribution is -0.571. The predicted octanol–water partition coefficient (Wildman–Crippen LogP) is 11.3. The summed E-state index contributed by atoms with van der Waals surface area (Å²) < 4.78 is 100. The summed E-state index contributed by atoms with van der Waals surface area (Å²) >= 11 is 0. The van der Waals surface area contributed by atoms with E-state index >= 15 is 0 Å². The van der Waals surface area contributed by atoms with E-state index < -0.39 is 68.7 Å². The Kier molecular flexibility index (Phi) is 7.62. The lowest BCUT2D eigenvalue weighted by atomic mass is 9.95. The van der Waals surface area contributed by atoms with Crippen LogP contribution in [0.1, 0.15) is 13.7 Å². The minimum Gasteiger partial charge on any atom is -0.439 e. The molecule has 12 aromatic rings. The standard InChI is InChI=1S/C60H42N4O2Si/c65-67(46-28-12-4-13-29-46,47-30-14-5-15-31-47)48-40-55-59(51-32-16-17-35-52(51)64(55)45-26-10-3-11-27-45)56(41-48)66-58-39-21-38-57(61-58)62-42-63(54-37-19-18-36-53(54)62)60-49(43-22-6-1-7-23-43)33-20-34-50(60)44-24-8-2-9-25-44/h1-41,65H/i1D,2D,6D,7D,8D,9D,22D,23D,24D,25D. The number of nitrogens with zero attached hydrogens (tertiary/aromatic N) is 4. The minimum absolute atomic E-state index is 0.119. The molecule has 3 heterocycles. The van der Waals surface area contributed by atoms with Gasteiger partial charge in [-0.3, -0.25) is 9.13 Å². The van der Waals surface area contributed by atoms with E-state index in [0.29, 0.717) is 27.8 Å². The van der Waals surface area contributed by atoms with Crippen LogP contribution in [0.3, 0.4) is 0 Å². The molecule has 0 aliphatic carbocycles. The first-order valence-corrected chi connectivity index (χ1v) is 23.6. The zero-order valence-corrected chi connectivity index (χ0v) is 36.5. The van der Waals surface area contributed by atoms with Crippen molar-refractivity contribution < 1.29 is 27.8 Å². The molecule has 0 aliphatic heterocycles. The largest absolute Gasteiger partial charge is 0.439 e. The first-order chi connectivity index (χ1) is 37.3. The maximum Gasteiger partial charge on any atom is 0.285 e. The van der Waals surface area contributed by atoms with Crippen molar-refractivity contribution in [2.24, 2.45) is 0 Å². The SMILES string of the molecule is [2H]c1c([2H])c([2H])c(-c2cccc(-c3c([2H])c([2H])c([2H])c([2H])c3[2H])c2-[n+]2[c-]n(-c3cccc(Oc4cc([Si](O)(c5ccccc5)c5ccccc5)cc5c4c4ccccc4n5-c4ccccc4)n3)c3ccccc32)c([2H])c1[2H]. The summed E-state index contributed by atoms with van der Waals surface area (Å²) in [7, 11) is -3.76. The van der Waals surface area contributed by atoms with Crippen LogP contribution in [0.15, 0.2) is 248 Å². The Morgan fingerprint density at radius 1 is 0.537 bits per heavy atom. The summed E-state index contributed by atoms with van der Waals surface area (Å²) in [5.74, 6) is 0.970. The van der Waals surface area contributed by atoms with Crippen molar-refractivity contribution in [2.75, 3.05) is 0 Å². The molecule has 12 rings (SSSR count). The van der Waals surface area contributed by atoms with E-state index in [1.54, 1.807) is 57.7 Å². The smallest absolute Gasteiger partial charge is 0.285 e. The lowest BCUT2D eigenvalue weighted by Crippen LogP contribution is -2.67. The third-order valence-electron chi connectivity index (χ3n) is 12.1. The minimum atomic E-state index is -3.76. The molecule has 0 aliphatic rings. The summed E-state index contributed by atoms with van der Waals surface area (Å²) in [6.45, 7) is 0. The number of rotatable bonds is 10. The molecule has 67 heavy (non-hydrogen) atoms. The van der Waals surface area contributed by atoms with Gasteiger partial charge in [0.1, 0.15) is 5.75 Å². The maximum absolute atomic E-state index is 13.5. The molecule has 1 N–H and O–H groups in total. The van der Waals surface area contributed by atoms with Crippen LogP contribution >= 0.6 is 0 Å². The average molecular weight is 889 g/mol. The molecule has 3 aromatic heterocycles. The van der Waals surface area contributed by atoms with Gasteiger partial charge in [0.15, 0.2) is 5.82 Å². The molecule has 6 nitrogen and oxygen atoms in total. The van der Waals surface area contributed by atoms with Gasteiger partial charge in [-0.2, -0.15) is 0 Å². The zero-order chi connectivity index (χ0) is 53.4. The zero-order valence-electron chi connectivity index (χ0n) is 45.5. The van der Waals surface area contributed by atoms with Gasteiger partial charge in [0.25, 0.3) is 14.6 Å². The van der Waals surface area contributed by atoms with E-state index in [9.17, 15) is 4.80 Å². The van der Waals surface area contributed by atoms with E-state index in [4.69, 9.17) is 23.4 Å². The van der Waals surface area contributed by atoms with Crippen molar-refractivity contribution in [1.29, 1.82) is 0 Å². The molecule has 0 atom stereocenters. The van der Waals surface area contributed by atoms with Crippen LogP contribution in [0.4, 0.5) is 0 Å². The Labute approximate surface area is 403 Å². The van der Waals surface area contributed by atoms with Gasteiger partial charge in [-0.15, -0.1) is 0 Å². The van der Waals surface area contributed by atoms with Gasteiger partial charge < -0.3 is 14.1 Å². The van der Waals surface area contributed by atoms with Crippen LogP contribution in [0, 0.1) is 6.33 Å². The maximum atomic E-state index is 13.5. The molecular formula is C60H42N4O2Si. The second-order valence-electron chi connectivity index (χ2n) is 15.9. The van der Waals surface area contributed by atoms with Crippen molar-refractivity contribution in [3.05, 3.63) is 255 Å². The number of pyridine rings is 1. The van der Waals surface area contributed by atoms with E-state index in [1.807, 2.05) is 127 Å². The molecule has 0 saturated carbocycles. The Balaban J connectivity index is 1.09. The van der Waals surface area contributed by atoms with Crippen molar-refractivity contribution in [1.82, 2.24) is 14.1 Å². The second-order valence-corrected chi connectivity index (χ2v) is 19.0. The van der Waals surface area contributed by atoms with Crippen LogP contribution in [0.5, 0.6) is 11.6 Å². The Morgan fingerprint density at radius 2 is 1.10 bits per heavy atom. The third-order valence-corrected chi connectivity index (χ3v) is 15.5. The normalized spacial score (nSPS) is 13.7. The van der Waals surface area contributed by atoms with Crippen LogP contribution in [0.2, 0.25) is 0 Å². The number of hydrogen-bond acceptors (Lipinski definition) is 3. The Morgan fingerprint density at radius 3 is 1.76 bits per heavy atom. The van der Waals surface area contributed by atoms with Gasteiger partial charge in [-0.25, -0.2) is 4.98 Å². The molecule has 9 aromatic carbocycles. The van der Waals surface area contributed by atoms with Crippen LogP contribution in [-0.4, -0.2) is 27.2 Å². The summed E-state index contributed by atoms with van der Waals surface area (Å²) in [5, 5.41) is 3.94. The van der Waals surface area contributed by atoms with Gasteiger partial charge in [0, 0.05) is 11.1 Å². The van der Waals surface area contributed by atoms with Crippen molar-refractivity contribution >= 4 is 56.7 Å². The quantitative estimate of drug-likeness (QED) is 0.0644. The van der Waals surface area contributed by atoms with E-state index in [0.717, 1.165) is 37.9 Å². The van der Waals surface area contributed by atoms with Crippen LogP contribution < -0.4 is 24.9 Å². The molecule has 0 fully saturated rings. The molecule has 7 heteroatoms. The highest BCUT2D eigenvalue weighted by Gasteiger charge is 2.39. The molecular weight excluding hydrogens is 837 g/mol. The van der Waals surface area contributed by atoms with Gasteiger partial charge in [-0.1, -0.05) is 206 Å². The molecule has 0 saturated heterocycles. The molecule has 318 valence electrons. The number of imidazole rings is 1. The van der Waals surface area contributed by atoms with Crippen LogP contribution in [0.25, 0.3) is 72.3 Å². The number of benzene rings is 9. The second kappa shape index (κ2) is 16.7. The molecule has 0 bridgehead atoms. The topological polar surface area (TPSA) is 56.1 Å². The summed E-state index contributed by atoms with van der Waals surface area (Å²) in [5.41, 5.74) is 3.73. The highest BCUT2D eigenvalue weighted by molar-refractivity contribution is 7.06. The Hall–Kier alpha value is -8.62. The fraction of sp³-hybridized carbons (Fsp3) is 0. The van der Waals surface area contributed by atoms with Gasteiger partial charge in [0.05, 0.1) is 46.8 Å². The first-order valence-electron chi connectivity index (χ1n) is 26.6. The number of ether oxygens (including phenoxy) is 1. The van der Waals surface area contributed by atoms with Gasteiger partial charge in [0.2, 0.25) is 5.88 Å². The third kappa shape index (κ3) is 6.93. The van der Waals surface area contributed by atoms with Crippen molar-refractivity contribution in [3.63, 3.8) is 0 Å². The molecule has 0 amide bonds. The van der Waals surface area contributed by atoms with Crippen molar-refractivity contribution in [2.45, 2.75) is 0 Å². The highest BCUT2D eigenvalue weighted by atomic mass is 28.4. The highest BCUT2D eigenvalue weighted by Crippen LogP contribution is 2.40. The number of para-hydroxylation sites is 5. The average Bonchev–Trinajstić information content (AvgIpc) is 4.07. The number of aromatic nitrogens is 4. The van der Waals surface area contributed by atoms with Crippen LogP contribution in [-0.2, 0) is 0 Å². The van der Waals surface area contributed by atoms with Gasteiger partial charge in [-0.05, 0) is 80.3 Å². The van der Waals surface area contributed by atoms with Gasteiger partial charge >= 0.3 is 0 Å². The monoisotopic (exact) mass is 888 g/mol. The van der Waals surface area contributed by atoms with E-state index in [-0.39, 0.29) is 33.8 Å². The summed E-state index contributed by atoms with van der Waals surface area (Å²) in [4.78, 5) is 18.6. The lowest BCUT2D eigenvalue weighted by Gasteiger charge is -2.28. The number of fused-ring (bicyclic) bond motifs is 4. The predicted molar refractivity (Wildman–Crippen MR) is 273 cm³/mol. The van der Waals surface area contributed by atoms with E-state index in [2.05, 4.69) is 23.0 Å².